The number of carbonyl (C=O) groups is 1. The molecule has 76 valence electrons. The Bertz CT molecular complexity index is 194. The predicted octanol–water partition coefficient (Wildman–Crippen LogP) is 0.0374. The highest BCUT2D eigenvalue weighted by Crippen LogP contribution is 2.34. The summed E-state index contributed by atoms with van der Waals surface area (Å²) in [5.41, 5.74) is -0.125. The molecule has 0 amide bonds. The lowest BCUT2D eigenvalue weighted by atomic mass is 10.3. The van der Waals surface area contributed by atoms with Gasteiger partial charge in [0.25, 0.3) is 0 Å². The third kappa shape index (κ3) is 2.93. The van der Waals surface area contributed by atoms with Gasteiger partial charge in [0.2, 0.25) is 0 Å². The van der Waals surface area contributed by atoms with Crippen LogP contribution in [0.15, 0.2) is 0 Å². The van der Waals surface area contributed by atoms with E-state index < -0.39 is 0 Å². The van der Waals surface area contributed by atoms with Gasteiger partial charge < -0.3 is 15.2 Å². The molecule has 13 heavy (non-hydrogen) atoms. The number of aliphatic hydroxyl groups excluding tert-OH is 1. The maximum atomic E-state index is 11.0. The van der Waals surface area contributed by atoms with Gasteiger partial charge in [0, 0.05) is 12.1 Å². The molecule has 1 aliphatic rings. The topological polar surface area (TPSA) is 58.6 Å². The number of halogens is 1. The summed E-state index contributed by atoms with van der Waals surface area (Å²) in [5, 5.41) is 12.1. The van der Waals surface area contributed by atoms with E-state index in [-0.39, 0.29) is 22.9 Å². The van der Waals surface area contributed by atoms with Crippen molar-refractivity contribution in [1.82, 2.24) is 5.32 Å². The summed E-state index contributed by atoms with van der Waals surface area (Å²) in [7, 11) is 1.36. The molecule has 5 heteroatoms. The van der Waals surface area contributed by atoms with E-state index in [0.29, 0.717) is 6.54 Å². The highest BCUT2D eigenvalue weighted by molar-refractivity contribution is 9.10. The van der Waals surface area contributed by atoms with Crippen LogP contribution in [0.1, 0.15) is 12.8 Å². The lowest BCUT2D eigenvalue weighted by Gasteiger charge is -2.15. The average molecular weight is 252 g/mol. The summed E-state index contributed by atoms with van der Waals surface area (Å²) in [6, 6.07) is 0. The molecule has 0 aromatic heterocycles. The zero-order valence-electron chi connectivity index (χ0n) is 7.55. The first-order valence-electron chi connectivity index (χ1n) is 4.21. The number of nitrogens with one attached hydrogen (secondary N) is 1. The highest BCUT2D eigenvalue weighted by Gasteiger charge is 2.42. The zero-order valence-corrected chi connectivity index (χ0v) is 9.13. The first kappa shape index (κ1) is 10.9. The van der Waals surface area contributed by atoms with Gasteiger partial charge in [-0.15, -0.1) is 0 Å². The number of alkyl halides is 1. The van der Waals surface area contributed by atoms with Crippen LogP contribution in [0.3, 0.4) is 0 Å². The first-order valence-corrected chi connectivity index (χ1v) is 5.13. The van der Waals surface area contributed by atoms with Gasteiger partial charge in [-0.1, -0.05) is 15.9 Å². The number of esters is 1. The highest BCUT2D eigenvalue weighted by atomic mass is 79.9. The monoisotopic (exact) mass is 251 g/mol. The van der Waals surface area contributed by atoms with E-state index in [0.717, 1.165) is 12.8 Å². The molecule has 1 aliphatic carbocycles. The molecule has 4 nitrogen and oxygen atoms in total. The van der Waals surface area contributed by atoms with Crippen LogP contribution < -0.4 is 5.32 Å². The number of hydrogen-bond donors (Lipinski definition) is 2. The number of methoxy groups -OCH3 is 1. The molecule has 0 spiro atoms. The second kappa shape index (κ2) is 4.39. The second-order valence-corrected chi connectivity index (χ2v) is 4.42. The van der Waals surface area contributed by atoms with Gasteiger partial charge in [0.05, 0.1) is 13.7 Å². The Hall–Kier alpha value is -0.130. The number of aliphatic hydroxyl groups is 1. The van der Waals surface area contributed by atoms with E-state index in [1.54, 1.807) is 0 Å². The summed E-state index contributed by atoms with van der Waals surface area (Å²) in [6.45, 7) is 0.626. The Labute approximate surface area is 85.8 Å². The molecule has 0 aromatic carbocycles. The fraction of sp³-hybridized carbons (Fsp3) is 0.875. The molecule has 0 heterocycles. The molecule has 0 saturated heterocycles. The first-order chi connectivity index (χ1) is 6.13. The molecule has 0 bridgehead atoms. The molecular weight excluding hydrogens is 238 g/mol. The molecule has 1 atom stereocenters. The lowest BCUT2D eigenvalue weighted by molar-refractivity contribution is -0.139. The van der Waals surface area contributed by atoms with Crippen molar-refractivity contribution in [1.29, 1.82) is 0 Å². The van der Waals surface area contributed by atoms with Gasteiger partial charge in [0.1, 0.15) is 4.83 Å². The fourth-order valence-electron chi connectivity index (χ4n) is 1.06. The van der Waals surface area contributed by atoms with Gasteiger partial charge in [-0.05, 0) is 12.8 Å². The lowest BCUT2D eigenvalue weighted by Crippen LogP contribution is -2.40. The van der Waals surface area contributed by atoms with Crippen LogP contribution >= 0.6 is 15.9 Å². The summed E-state index contributed by atoms with van der Waals surface area (Å²) in [6.07, 6.45) is 1.95. The molecule has 0 radical (unpaired) electrons. The van der Waals surface area contributed by atoms with E-state index in [4.69, 9.17) is 5.11 Å². The van der Waals surface area contributed by atoms with Crippen molar-refractivity contribution in [3.05, 3.63) is 0 Å². The molecule has 1 unspecified atom stereocenters. The average Bonchev–Trinajstić information content (AvgIpc) is 2.93. The summed E-state index contributed by atoms with van der Waals surface area (Å²) >= 11 is 3.19. The maximum Gasteiger partial charge on any atom is 0.320 e. The minimum Gasteiger partial charge on any atom is -0.468 e. The van der Waals surface area contributed by atoms with Gasteiger partial charge in [-0.3, -0.25) is 4.79 Å². The smallest absolute Gasteiger partial charge is 0.320 e. The van der Waals surface area contributed by atoms with Crippen molar-refractivity contribution in [3.63, 3.8) is 0 Å². The van der Waals surface area contributed by atoms with Crippen molar-refractivity contribution in [2.45, 2.75) is 23.2 Å². The Morgan fingerprint density at radius 1 is 1.77 bits per heavy atom. The predicted molar refractivity (Wildman–Crippen MR) is 51.8 cm³/mol. The SMILES string of the molecule is COC(=O)C(Br)CNC1(CO)CC1. The summed E-state index contributed by atoms with van der Waals surface area (Å²) in [4.78, 5) is 10.6. The molecule has 0 aliphatic heterocycles. The van der Waals surface area contributed by atoms with Gasteiger partial charge in [0.15, 0.2) is 0 Å². The second-order valence-electron chi connectivity index (χ2n) is 3.31. The maximum absolute atomic E-state index is 11.0. The molecule has 1 rings (SSSR count). The van der Waals surface area contributed by atoms with Crippen LogP contribution in [0.4, 0.5) is 0 Å². The van der Waals surface area contributed by atoms with E-state index in [1.807, 2.05) is 0 Å². The van der Waals surface area contributed by atoms with E-state index in [2.05, 4.69) is 26.0 Å². The van der Waals surface area contributed by atoms with Crippen LogP contribution in [-0.4, -0.2) is 41.7 Å². The summed E-state index contributed by atoms with van der Waals surface area (Å²) < 4.78 is 4.54. The van der Waals surface area contributed by atoms with Gasteiger partial charge in [-0.2, -0.15) is 0 Å². The quantitative estimate of drug-likeness (QED) is 0.535. The van der Waals surface area contributed by atoms with Crippen molar-refractivity contribution < 1.29 is 14.6 Å². The molecule has 1 fully saturated rings. The Balaban J connectivity index is 2.22. The van der Waals surface area contributed by atoms with E-state index in [9.17, 15) is 4.79 Å². The number of carbonyl (C=O) groups excluding carboxylic acids is 1. The van der Waals surface area contributed by atoms with Crippen molar-refractivity contribution in [2.75, 3.05) is 20.3 Å². The number of ether oxygens (including phenoxy) is 1. The Morgan fingerprint density at radius 3 is 2.77 bits per heavy atom. The Morgan fingerprint density at radius 2 is 2.38 bits per heavy atom. The van der Waals surface area contributed by atoms with Crippen LogP contribution in [0.5, 0.6) is 0 Å². The normalized spacial score (nSPS) is 20.8. The largest absolute Gasteiger partial charge is 0.468 e. The van der Waals surface area contributed by atoms with Crippen molar-refractivity contribution in [3.8, 4) is 0 Å². The Kier molecular flexibility index (Phi) is 3.70. The molecule has 2 N–H and O–H groups in total. The van der Waals surface area contributed by atoms with Crippen LogP contribution in [-0.2, 0) is 9.53 Å². The number of hydrogen-bond acceptors (Lipinski definition) is 4. The molecular formula is C8H14BrNO3. The fourth-order valence-corrected chi connectivity index (χ4v) is 1.41. The zero-order chi connectivity index (χ0) is 9.90. The summed E-state index contributed by atoms with van der Waals surface area (Å²) in [5.74, 6) is -0.291. The third-order valence-corrected chi connectivity index (χ3v) is 2.97. The number of rotatable bonds is 5. The van der Waals surface area contributed by atoms with Crippen LogP contribution in [0.25, 0.3) is 0 Å². The minimum absolute atomic E-state index is 0.125. The standard InChI is InChI=1S/C8H14BrNO3/c1-13-7(12)6(9)4-10-8(5-11)2-3-8/h6,10-11H,2-5H2,1H3. The van der Waals surface area contributed by atoms with Crippen LogP contribution in [0.2, 0.25) is 0 Å². The van der Waals surface area contributed by atoms with Crippen LogP contribution in [0, 0.1) is 0 Å². The molecule has 0 aromatic rings. The van der Waals surface area contributed by atoms with E-state index in [1.165, 1.54) is 7.11 Å². The van der Waals surface area contributed by atoms with Crippen molar-refractivity contribution in [2.24, 2.45) is 0 Å². The van der Waals surface area contributed by atoms with Gasteiger partial charge in [-0.25, -0.2) is 0 Å². The van der Waals surface area contributed by atoms with E-state index >= 15 is 0 Å². The minimum atomic E-state index is -0.332. The third-order valence-electron chi connectivity index (χ3n) is 2.27. The van der Waals surface area contributed by atoms with Crippen molar-refractivity contribution >= 4 is 21.9 Å². The van der Waals surface area contributed by atoms with Gasteiger partial charge >= 0.3 is 5.97 Å². The molecule has 1 saturated carbocycles.